The van der Waals surface area contributed by atoms with Gasteiger partial charge in [-0.2, -0.15) is 0 Å². The number of benzene rings is 1. The van der Waals surface area contributed by atoms with E-state index in [0.29, 0.717) is 40.4 Å². The lowest BCUT2D eigenvalue weighted by atomic mass is 9.45. The maximum atomic E-state index is 11.6. The molecule has 1 aromatic carbocycles. The Morgan fingerprint density at radius 2 is 1.82 bits per heavy atom. The average molecular weight is 455 g/mol. The molecule has 5 aliphatic rings. The van der Waals surface area contributed by atoms with Crippen molar-refractivity contribution in [2.24, 2.45) is 34.5 Å². The summed E-state index contributed by atoms with van der Waals surface area (Å²) in [6.45, 7) is 5.07. The highest BCUT2D eigenvalue weighted by atomic mass is 16.7. The summed E-state index contributed by atoms with van der Waals surface area (Å²) < 4.78 is 16.7. The van der Waals surface area contributed by atoms with Crippen LogP contribution in [0.1, 0.15) is 70.8 Å². The molecule has 5 heteroatoms. The lowest BCUT2D eigenvalue weighted by molar-refractivity contribution is -0.133. The van der Waals surface area contributed by atoms with Gasteiger partial charge >= 0.3 is 0 Å². The molecular weight excluding hydrogens is 416 g/mol. The van der Waals surface area contributed by atoms with Crippen LogP contribution in [0.4, 0.5) is 0 Å². The van der Waals surface area contributed by atoms with Crippen molar-refractivity contribution in [3.63, 3.8) is 0 Å². The summed E-state index contributed by atoms with van der Waals surface area (Å²) in [5.74, 6) is 4.64. The van der Waals surface area contributed by atoms with Gasteiger partial charge in [0.05, 0.1) is 19.3 Å². The van der Waals surface area contributed by atoms with Gasteiger partial charge in [0.15, 0.2) is 11.5 Å². The van der Waals surface area contributed by atoms with Crippen LogP contribution in [-0.4, -0.2) is 36.3 Å². The SMILES string of the molecule is COc1cc(/C=C2/C[C@@H]3[C@H]4CC[C@H]5C[C@@H](O)CC[C@]5(C)[C@@H]4CC[C@]3(C)[C@@H]2O)cc2c1OCO2. The van der Waals surface area contributed by atoms with Crippen molar-refractivity contribution in [3.05, 3.63) is 23.3 Å². The Kier molecular flexibility index (Phi) is 5.05. The van der Waals surface area contributed by atoms with E-state index in [1.807, 2.05) is 12.1 Å². The van der Waals surface area contributed by atoms with Gasteiger partial charge in [0.1, 0.15) is 0 Å². The highest BCUT2D eigenvalue weighted by Crippen LogP contribution is 2.67. The number of hydrogen-bond acceptors (Lipinski definition) is 5. The quantitative estimate of drug-likeness (QED) is 0.644. The number of aliphatic hydroxyl groups is 2. The fourth-order valence-corrected chi connectivity index (χ4v) is 8.68. The Labute approximate surface area is 197 Å². The first-order chi connectivity index (χ1) is 15.8. The van der Waals surface area contributed by atoms with Crippen LogP contribution in [0.15, 0.2) is 17.7 Å². The molecule has 4 aliphatic carbocycles. The van der Waals surface area contributed by atoms with Crippen molar-refractivity contribution in [2.45, 2.75) is 77.4 Å². The van der Waals surface area contributed by atoms with Crippen LogP contribution >= 0.6 is 0 Å². The van der Waals surface area contributed by atoms with Gasteiger partial charge < -0.3 is 24.4 Å². The molecule has 1 heterocycles. The van der Waals surface area contributed by atoms with E-state index in [2.05, 4.69) is 19.9 Å². The molecule has 0 unspecified atom stereocenters. The number of fused-ring (bicyclic) bond motifs is 6. The van der Waals surface area contributed by atoms with E-state index in [1.165, 1.54) is 19.3 Å². The van der Waals surface area contributed by atoms with Crippen LogP contribution in [0.2, 0.25) is 0 Å². The largest absolute Gasteiger partial charge is 0.493 e. The third-order valence-electron chi connectivity index (χ3n) is 10.5. The van der Waals surface area contributed by atoms with E-state index in [9.17, 15) is 10.2 Å². The van der Waals surface area contributed by atoms with Crippen LogP contribution in [0.5, 0.6) is 17.2 Å². The lowest BCUT2D eigenvalue weighted by Gasteiger charge is -2.60. The predicted molar refractivity (Wildman–Crippen MR) is 126 cm³/mol. The van der Waals surface area contributed by atoms with Crippen molar-refractivity contribution in [2.75, 3.05) is 13.9 Å². The van der Waals surface area contributed by atoms with E-state index >= 15 is 0 Å². The van der Waals surface area contributed by atoms with Gasteiger partial charge in [-0.25, -0.2) is 0 Å². The molecule has 0 spiro atoms. The van der Waals surface area contributed by atoms with Gasteiger partial charge in [-0.3, -0.25) is 0 Å². The second-order valence-electron chi connectivity index (χ2n) is 11.9. The van der Waals surface area contributed by atoms with Crippen LogP contribution in [-0.2, 0) is 0 Å². The first-order valence-electron chi connectivity index (χ1n) is 12.9. The van der Waals surface area contributed by atoms with E-state index in [-0.39, 0.29) is 18.3 Å². The fourth-order valence-electron chi connectivity index (χ4n) is 8.68. The molecule has 4 fully saturated rings. The van der Waals surface area contributed by atoms with Gasteiger partial charge in [0.25, 0.3) is 0 Å². The zero-order chi connectivity index (χ0) is 23.0. The second-order valence-corrected chi connectivity index (χ2v) is 11.9. The topological polar surface area (TPSA) is 68.2 Å². The number of aliphatic hydroxyl groups excluding tert-OH is 2. The van der Waals surface area contributed by atoms with Gasteiger partial charge in [0.2, 0.25) is 12.5 Å². The maximum Gasteiger partial charge on any atom is 0.231 e. The van der Waals surface area contributed by atoms with Crippen LogP contribution in [0, 0.1) is 34.5 Å². The number of methoxy groups -OCH3 is 1. The third kappa shape index (κ3) is 3.18. The van der Waals surface area contributed by atoms with Crippen LogP contribution < -0.4 is 14.2 Å². The molecule has 0 amide bonds. The number of hydrogen-bond donors (Lipinski definition) is 2. The molecule has 0 aromatic heterocycles. The lowest BCUT2D eigenvalue weighted by Crippen LogP contribution is -2.54. The third-order valence-corrected chi connectivity index (χ3v) is 10.5. The minimum absolute atomic E-state index is 0.0508. The first-order valence-corrected chi connectivity index (χ1v) is 12.9. The van der Waals surface area contributed by atoms with E-state index in [0.717, 1.165) is 49.2 Å². The smallest absolute Gasteiger partial charge is 0.231 e. The molecule has 5 nitrogen and oxygen atoms in total. The van der Waals surface area contributed by atoms with E-state index in [4.69, 9.17) is 14.2 Å². The predicted octanol–water partition coefficient (Wildman–Crippen LogP) is 5.18. The molecule has 180 valence electrons. The Balaban J connectivity index is 1.30. The number of ether oxygens (including phenoxy) is 3. The molecule has 1 aromatic rings. The second kappa shape index (κ2) is 7.64. The van der Waals surface area contributed by atoms with E-state index < -0.39 is 6.10 Å². The normalized spacial score (nSPS) is 44.8. The highest BCUT2D eigenvalue weighted by molar-refractivity contribution is 5.65. The molecule has 6 rings (SSSR count). The van der Waals surface area contributed by atoms with Crippen LogP contribution in [0.25, 0.3) is 6.08 Å². The minimum atomic E-state index is -0.404. The summed E-state index contributed by atoms with van der Waals surface area (Å²) >= 11 is 0. The van der Waals surface area contributed by atoms with Crippen LogP contribution in [0.3, 0.4) is 0 Å². The summed E-state index contributed by atoms with van der Waals surface area (Å²) in [6, 6.07) is 3.98. The van der Waals surface area contributed by atoms with Crippen molar-refractivity contribution < 1.29 is 24.4 Å². The molecule has 4 saturated carbocycles. The van der Waals surface area contributed by atoms with Crippen molar-refractivity contribution >= 4 is 6.08 Å². The summed E-state index contributed by atoms with van der Waals surface area (Å²) in [7, 11) is 1.65. The Morgan fingerprint density at radius 1 is 1.00 bits per heavy atom. The maximum absolute atomic E-state index is 11.6. The molecular formula is C28H38O5. The van der Waals surface area contributed by atoms with Gasteiger partial charge in [-0.15, -0.1) is 0 Å². The van der Waals surface area contributed by atoms with Gasteiger partial charge in [-0.1, -0.05) is 19.9 Å². The van der Waals surface area contributed by atoms with Crippen molar-refractivity contribution in [3.8, 4) is 17.2 Å². The Hall–Kier alpha value is -1.72. The minimum Gasteiger partial charge on any atom is -0.493 e. The molecule has 0 radical (unpaired) electrons. The summed E-state index contributed by atoms with van der Waals surface area (Å²) in [5, 5.41) is 21.8. The first kappa shape index (κ1) is 21.8. The molecule has 0 saturated heterocycles. The molecule has 0 bridgehead atoms. The Morgan fingerprint density at radius 3 is 2.64 bits per heavy atom. The Bertz CT molecular complexity index is 971. The number of rotatable bonds is 2. The summed E-state index contributed by atoms with van der Waals surface area (Å²) in [4.78, 5) is 0. The standard InChI is InChI=1S/C28H38O5/c1-27-8-6-19(29)14-18(27)4-5-20-21(27)7-9-28(2)22(20)13-17(26(28)30)10-16-11-23(31-3)25-24(12-16)32-15-33-25/h10-12,18-22,26,29-30H,4-9,13-15H2,1-3H3/b17-10-/t18-,19-,20-,21+,22+,26+,27-,28-/m0/s1. The summed E-state index contributed by atoms with van der Waals surface area (Å²) in [5.41, 5.74) is 2.45. The van der Waals surface area contributed by atoms with Crippen molar-refractivity contribution in [1.29, 1.82) is 0 Å². The zero-order valence-electron chi connectivity index (χ0n) is 20.2. The molecule has 8 atom stereocenters. The van der Waals surface area contributed by atoms with Gasteiger partial charge in [-0.05, 0) is 104 Å². The summed E-state index contributed by atoms with van der Waals surface area (Å²) in [6.07, 6.45) is 10.5. The molecule has 2 N–H and O–H groups in total. The molecule has 1 aliphatic heterocycles. The van der Waals surface area contributed by atoms with E-state index in [1.54, 1.807) is 7.11 Å². The van der Waals surface area contributed by atoms with Crippen molar-refractivity contribution in [1.82, 2.24) is 0 Å². The average Bonchev–Trinajstić information content (AvgIpc) is 3.37. The molecule has 33 heavy (non-hydrogen) atoms. The zero-order valence-corrected chi connectivity index (χ0v) is 20.2. The highest BCUT2D eigenvalue weighted by Gasteiger charge is 2.61. The fraction of sp³-hybridized carbons (Fsp3) is 0.714. The monoisotopic (exact) mass is 454 g/mol. The van der Waals surface area contributed by atoms with Gasteiger partial charge in [0, 0.05) is 5.41 Å².